The molecule has 3 N–H and O–H groups in total. The van der Waals surface area contributed by atoms with Crippen molar-refractivity contribution in [2.45, 2.75) is 63.1 Å². The summed E-state index contributed by atoms with van der Waals surface area (Å²) >= 11 is 6.19. The summed E-state index contributed by atoms with van der Waals surface area (Å²) < 4.78 is 15.9. The van der Waals surface area contributed by atoms with Crippen molar-refractivity contribution >= 4 is 40.5 Å². The Hall–Kier alpha value is -3.72. The Labute approximate surface area is 230 Å². The summed E-state index contributed by atoms with van der Waals surface area (Å²) in [4.78, 5) is 41.4. The number of H-pyrrole nitrogens is 1. The minimum atomic E-state index is -0.544. The highest BCUT2D eigenvalue weighted by molar-refractivity contribution is 6.30. The fourth-order valence-corrected chi connectivity index (χ4v) is 7.24. The Balaban J connectivity index is 1.17. The van der Waals surface area contributed by atoms with Crippen molar-refractivity contribution in [2.75, 3.05) is 10.6 Å². The number of imidazole rings is 1. The molecule has 10 heteroatoms. The van der Waals surface area contributed by atoms with Gasteiger partial charge in [-0.05, 0) is 74.3 Å². The van der Waals surface area contributed by atoms with E-state index in [0.717, 1.165) is 43.2 Å². The quantitative estimate of drug-likeness (QED) is 0.424. The molecule has 2 bridgehead atoms. The van der Waals surface area contributed by atoms with Crippen LogP contribution in [0.5, 0.6) is 0 Å². The summed E-state index contributed by atoms with van der Waals surface area (Å²) in [6, 6.07) is 6.64. The first-order chi connectivity index (χ1) is 18.7. The van der Waals surface area contributed by atoms with Crippen LogP contribution in [-0.2, 0) is 9.59 Å². The molecule has 4 fully saturated rings. The van der Waals surface area contributed by atoms with Crippen LogP contribution in [0.2, 0.25) is 5.02 Å². The third-order valence-electron chi connectivity index (χ3n) is 8.95. The second kappa shape index (κ2) is 8.64. The maximum absolute atomic E-state index is 15.9. The molecule has 0 radical (unpaired) electrons. The standard InChI is InChI=1S/C29H28ClFN6O2/c1-15(38)37(29-11-16(12-29)13-29)28-26(31)20(6-7-33-28)23-14-34-27(35-23)24-5-3-19-8-17(9-25(39)36(19)24)21-10-18(30)2-4-22(21)32/h2,4,6-7,9-10,14,16,19,24H,3,5,8,11-13,32H2,1H3,(H,34,35)/t16?,19?,24-,29?/m0/s1. The Morgan fingerprint density at radius 3 is 2.72 bits per heavy atom. The van der Waals surface area contributed by atoms with E-state index in [1.807, 2.05) is 4.90 Å². The lowest BCUT2D eigenvalue weighted by Crippen LogP contribution is -2.70. The van der Waals surface area contributed by atoms with Crippen LogP contribution in [0.25, 0.3) is 16.8 Å². The third-order valence-corrected chi connectivity index (χ3v) is 9.19. The monoisotopic (exact) mass is 546 g/mol. The van der Waals surface area contributed by atoms with Gasteiger partial charge in [-0.25, -0.2) is 14.4 Å². The van der Waals surface area contributed by atoms with E-state index in [0.29, 0.717) is 40.1 Å². The van der Waals surface area contributed by atoms with Crippen LogP contribution in [0.1, 0.15) is 62.9 Å². The first-order valence-electron chi connectivity index (χ1n) is 13.3. The number of hydrogen-bond acceptors (Lipinski definition) is 5. The number of aromatic amines is 1. The summed E-state index contributed by atoms with van der Waals surface area (Å²) in [6.45, 7) is 1.47. The van der Waals surface area contributed by atoms with Gasteiger partial charge in [0.15, 0.2) is 11.6 Å². The van der Waals surface area contributed by atoms with Crippen LogP contribution in [0.3, 0.4) is 0 Å². The zero-order chi connectivity index (χ0) is 27.1. The van der Waals surface area contributed by atoms with Gasteiger partial charge < -0.3 is 15.6 Å². The van der Waals surface area contributed by atoms with Crippen LogP contribution >= 0.6 is 11.6 Å². The molecule has 1 saturated heterocycles. The zero-order valence-corrected chi connectivity index (χ0v) is 22.2. The lowest BCUT2D eigenvalue weighted by molar-refractivity contribution is -0.129. The second-order valence-electron chi connectivity index (χ2n) is 11.3. The number of nitrogens with two attached hydrogens (primary N) is 1. The highest BCUT2D eigenvalue weighted by Crippen LogP contribution is 2.61. The molecule has 39 heavy (non-hydrogen) atoms. The lowest BCUT2D eigenvalue weighted by atomic mass is 9.49. The molecule has 2 atom stereocenters. The number of nitrogens with one attached hydrogen (secondary N) is 1. The van der Waals surface area contributed by atoms with E-state index in [1.54, 1.807) is 41.4 Å². The average molecular weight is 547 g/mol. The van der Waals surface area contributed by atoms with Crippen LogP contribution in [-0.4, -0.2) is 43.2 Å². The van der Waals surface area contributed by atoms with Gasteiger partial charge >= 0.3 is 0 Å². The van der Waals surface area contributed by atoms with Crippen molar-refractivity contribution in [2.24, 2.45) is 5.92 Å². The Bertz CT molecular complexity index is 1550. The zero-order valence-electron chi connectivity index (χ0n) is 21.5. The van der Waals surface area contributed by atoms with Gasteiger partial charge in [0.1, 0.15) is 5.82 Å². The smallest absolute Gasteiger partial charge is 0.247 e. The lowest BCUT2D eigenvalue weighted by Gasteiger charge is -2.65. The van der Waals surface area contributed by atoms with Crippen LogP contribution < -0.4 is 10.6 Å². The van der Waals surface area contributed by atoms with E-state index in [4.69, 9.17) is 17.3 Å². The number of hydrogen-bond donors (Lipinski definition) is 2. The molecule has 1 aromatic carbocycles. The number of pyridine rings is 1. The van der Waals surface area contributed by atoms with Crippen LogP contribution in [0.15, 0.2) is 42.7 Å². The molecule has 1 unspecified atom stereocenters. The molecule has 3 saturated carbocycles. The van der Waals surface area contributed by atoms with Crippen molar-refractivity contribution < 1.29 is 14.0 Å². The molecule has 0 spiro atoms. The number of fused-ring (bicyclic) bond motifs is 1. The number of aromatic nitrogens is 3. The molecule has 4 heterocycles. The fraction of sp³-hybridized carbons (Fsp3) is 0.379. The van der Waals surface area contributed by atoms with Gasteiger partial charge in [0.2, 0.25) is 11.8 Å². The number of benzene rings is 1. The highest BCUT2D eigenvalue weighted by Gasteiger charge is 2.62. The minimum Gasteiger partial charge on any atom is -0.398 e. The summed E-state index contributed by atoms with van der Waals surface area (Å²) in [6.07, 6.45) is 9.69. The average Bonchev–Trinajstić information content (AvgIpc) is 3.50. The first kappa shape index (κ1) is 24.3. The van der Waals surface area contributed by atoms with Crippen molar-refractivity contribution in [3.8, 4) is 11.3 Å². The molecule has 3 aromatic rings. The predicted octanol–water partition coefficient (Wildman–Crippen LogP) is 5.27. The maximum atomic E-state index is 15.9. The van der Waals surface area contributed by atoms with Gasteiger partial charge in [-0.2, -0.15) is 0 Å². The molecule has 3 aliphatic carbocycles. The summed E-state index contributed by atoms with van der Waals surface area (Å²) in [5.41, 5.74) is 8.94. The Kier molecular flexibility index (Phi) is 5.39. The molecular formula is C29H28ClFN6O2. The van der Waals surface area contributed by atoms with E-state index >= 15 is 4.39 Å². The number of nitrogens with zero attached hydrogens (tertiary/aromatic N) is 4. The molecular weight excluding hydrogens is 519 g/mol. The summed E-state index contributed by atoms with van der Waals surface area (Å²) in [5.74, 6) is 0.469. The second-order valence-corrected chi connectivity index (χ2v) is 11.8. The number of anilines is 2. The molecule has 5 aliphatic rings. The predicted molar refractivity (Wildman–Crippen MR) is 146 cm³/mol. The van der Waals surface area contributed by atoms with E-state index in [1.165, 1.54) is 13.1 Å². The largest absolute Gasteiger partial charge is 0.398 e. The maximum Gasteiger partial charge on any atom is 0.247 e. The number of rotatable bonds is 5. The van der Waals surface area contributed by atoms with Crippen molar-refractivity contribution in [3.63, 3.8) is 0 Å². The van der Waals surface area contributed by atoms with Crippen molar-refractivity contribution in [3.05, 3.63) is 65.0 Å². The van der Waals surface area contributed by atoms with Gasteiger partial charge in [0, 0.05) is 47.1 Å². The third kappa shape index (κ3) is 3.70. The minimum absolute atomic E-state index is 0.0101. The van der Waals surface area contributed by atoms with Gasteiger partial charge in [-0.3, -0.25) is 14.5 Å². The van der Waals surface area contributed by atoms with Gasteiger partial charge in [0.25, 0.3) is 0 Å². The molecule has 2 aliphatic heterocycles. The van der Waals surface area contributed by atoms with Crippen LogP contribution in [0, 0.1) is 11.7 Å². The highest BCUT2D eigenvalue weighted by atomic mass is 35.5. The molecule has 2 aromatic heterocycles. The van der Waals surface area contributed by atoms with Gasteiger partial charge in [-0.15, -0.1) is 0 Å². The molecule has 2 amide bonds. The van der Waals surface area contributed by atoms with Crippen LogP contribution in [0.4, 0.5) is 15.9 Å². The molecule has 8 rings (SSSR count). The Morgan fingerprint density at radius 1 is 1.21 bits per heavy atom. The number of halogens is 2. The Morgan fingerprint density at radius 2 is 2.00 bits per heavy atom. The van der Waals surface area contributed by atoms with E-state index in [-0.39, 0.29) is 35.3 Å². The fourth-order valence-electron chi connectivity index (χ4n) is 7.07. The number of amides is 2. The van der Waals surface area contributed by atoms with Crippen molar-refractivity contribution in [1.82, 2.24) is 19.9 Å². The van der Waals surface area contributed by atoms with Gasteiger partial charge in [0.05, 0.1) is 23.5 Å². The molecule has 8 nitrogen and oxygen atoms in total. The SMILES string of the molecule is CC(=O)N(c1nccc(-c2cnc([C@@H]3CCC4CC(c5cc(Cl)ccc5N)=CC(=O)N43)[nH]2)c1F)C12CC(C1)C2. The molecule has 200 valence electrons. The van der Waals surface area contributed by atoms with E-state index < -0.39 is 5.82 Å². The van der Waals surface area contributed by atoms with Crippen molar-refractivity contribution in [1.29, 1.82) is 0 Å². The van der Waals surface area contributed by atoms with Gasteiger partial charge in [-0.1, -0.05) is 11.6 Å². The first-order valence-corrected chi connectivity index (χ1v) is 13.7. The summed E-state index contributed by atoms with van der Waals surface area (Å²) in [5, 5.41) is 0.574. The number of carbonyl (C=O) groups excluding carboxylic acids is 2. The van der Waals surface area contributed by atoms with E-state index in [9.17, 15) is 9.59 Å². The number of carbonyl (C=O) groups is 2. The normalized spacial score (nSPS) is 26.9. The summed E-state index contributed by atoms with van der Waals surface area (Å²) in [7, 11) is 0. The van der Waals surface area contributed by atoms with E-state index in [2.05, 4.69) is 15.0 Å². The topological polar surface area (TPSA) is 108 Å². The number of nitrogen functional groups attached to an aromatic ring is 1.